The molecule has 1 radical (unpaired) electrons. The molecule has 1 aliphatic rings. The average Bonchev–Trinajstić information content (AvgIpc) is 2.45. The van der Waals surface area contributed by atoms with Crippen LogP contribution in [0.2, 0.25) is 5.02 Å². The Kier molecular flexibility index (Phi) is 3.40. The van der Waals surface area contributed by atoms with E-state index in [1.807, 2.05) is 24.3 Å². The van der Waals surface area contributed by atoms with Crippen LogP contribution in [0.3, 0.4) is 0 Å². The molecule has 0 unspecified atom stereocenters. The largest absolute Gasteiger partial charge is 0.495 e. The Morgan fingerprint density at radius 3 is 2.60 bits per heavy atom. The van der Waals surface area contributed by atoms with Crippen LogP contribution < -0.4 is 4.74 Å². The Bertz CT molecular complexity index is 638. The first-order chi connectivity index (χ1) is 9.62. The zero-order valence-corrected chi connectivity index (χ0v) is 12.0. The van der Waals surface area contributed by atoms with Gasteiger partial charge in [-0.3, -0.25) is 4.98 Å². The Morgan fingerprint density at radius 1 is 1.20 bits per heavy atom. The highest BCUT2D eigenvalue weighted by Crippen LogP contribution is 2.41. The van der Waals surface area contributed by atoms with Crippen molar-refractivity contribution in [3.63, 3.8) is 0 Å². The summed E-state index contributed by atoms with van der Waals surface area (Å²) in [6.07, 6.45) is 4.04. The first-order valence-corrected chi connectivity index (χ1v) is 7.01. The van der Waals surface area contributed by atoms with Gasteiger partial charge in [-0.05, 0) is 54.7 Å². The van der Waals surface area contributed by atoms with Gasteiger partial charge in [-0.2, -0.15) is 0 Å². The molecule has 0 N–H and O–H groups in total. The van der Waals surface area contributed by atoms with Crippen LogP contribution in [0.15, 0.2) is 36.5 Å². The fourth-order valence-electron chi connectivity index (χ4n) is 2.45. The first-order valence-electron chi connectivity index (χ1n) is 6.63. The lowest BCUT2D eigenvalue weighted by Crippen LogP contribution is -2.33. The van der Waals surface area contributed by atoms with Gasteiger partial charge in [0.1, 0.15) is 11.4 Å². The number of rotatable bonds is 3. The lowest BCUT2D eigenvalue weighted by molar-refractivity contribution is -0.102. The zero-order valence-electron chi connectivity index (χ0n) is 11.2. The number of benzene rings is 1. The van der Waals surface area contributed by atoms with E-state index >= 15 is 0 Å². The van der Waals surface area contributed by atoms with Gasteiger partial charge in [-0.15, -0.1) is 0 Å². The Hall–Kier alpha value is -1.58. The molecular weight excluding hydrogens is 274 g/mol. The van der Waals surface area contributed by atoms with Gasteiger partial charge in [0.15, 0.2) is 0 Å². The molecule has 3 nitrogen and oxygen atoms in total. The third-order valence-electron chi connectivity index (χ3n) is 3.87. The van der Waals surface area contributed by atoms with Gasteiger partial charge in [0.25, 0.3) is 0 Å². The van der Waals surface area contributed by atoms with Gasteiger partial charge in [-0.25, -0.2) is 5.11 Å². The summed E-state index contributed by atoms with van der Waals surface area (Å²) in [4.78, 5) is 4.25. The molecule has 1 aromatic carbocycles. The van der Waals surface area contributed by atoms with Crippen molar-refractivity contribution in [2.75, 3.05) is 7.11 Å². The minimum Gasteiger partial charge on any atom is -0.495 e. The molecule has 0 atom stereocenters. The third kappa shape index (κ3) is 2.28. The second kappa shape index (κ2) is 5.08. The molecule has 4 heteroatoms. The van der Waals surface area contributed by atoms with Crippen LogP contribution in [0.5, 0.6) is 5.75 Å². The van der Waals surface area contributed by atoms with Crippen LogP contribution in [-0.4, -0.2) is 12.1 Å². The maximum absolute atomic E-state index is 12.4. The predicted octanol–water partition coefficient (Wildman–Crippen LogP) is 4.22. The number of halogens is 1. The van der Waals surface area contributed by atoms with E-state index in [0.717, 1.165) is 17.5 Å². The highest BCUT2D eigenvalue weighted by Gasteiger charge is 2.39. The van der Waals surface area contributed by atoms with Gasteiger partial charge in [-0.1, -0.05) is 17.7 Å². The minimum atomic E-state index is -0.994. The van der Waals surface area contributed by atoms with E-state index in [9.17, 15) is 5.11 Å². The smallest absolute Gasteiger partial charge is 0.145 e. The molecule has 2 aromatic rings. The Balaban J connectivity index is 2.00. The van der Waals surface area contributed by atoms with Crippen LogP contribution in [0, 0.1) is 0 Å². The van der Waals surface area contributed by atoms with Gasteiger partial charge in [0, 0.05) is 6.20 Å². The number of nitrogens with zero attached hydrogens (tertiary/aromatic N) is 1. The molecular formula is C16H15ClNO2. The van der Waals surface area contributed by atoms with E-state index in [-0.39, 0.29) is 0 Å². The standard InChI is InChI=1S/C16H15ClNO2/c1-20-14-9-11(3-4-13(14)17)12-5-8-18-15(10-12)16(19)6-2-7-16/h3-5,8-10H,2,6-7H2,1H3. The van der Waals surface area contributed by atoms with Crippen LogP contribution in [0.25, 0.3) is 11.1 Å². The van der Waals surface area contributed by atoms with E-state index < -0.39 is 5.60 Å². The fraction of sp³-hybridized carbons (Fsp3) is 0.312. The van der Waals surface area contributed by atoms with E-state index in [4.69, 9.17) is 16.3 Å². The second-order valence-electron chi connectivity index (χ2n) is 5.13. The van der Waals surface area contributed by atoms with Gasteiger partial charge >= 0.3 is 0 Å². The van der Waals surface area contributed by atoms with E-state index in [1.165, 1.54) is 0 Å². The quantitative estimate of drug-likeness (QED) is 0.848. The molecule has 1 fully saturated rings. The van der Waals surface area contributed by atoms with Gasteiger partial charge in [0.05, 0.1) is 17.8 Å². The van der Waals surface area contributed by atoms with Crippen molar-refractivity contribution >= 4 is 11.6 Å². The molecule has 3 rings (SSSR count). The van der Waals surface area contributed by atoms with Crippen molar-refractivity contribution in [1.29, 1.82) is 0 Å². The summed E-state index contributed by atoms with van der Waals surface area (Å²) in [7, 11) is 1.59. The predicted molar refractivity (Wildman–Crippen MR) is 77.5 cm³/mol. The maximum atomic E-state index is 12.4. The molecule has 103 valence electrons. The topological polar surface area (TPSA) is 42.0 Å². The number of hydrogen-bond acceptors (Lipinski definition) is 2. The molecule has 0 bridgehead atoms. The average molecular weight is 289 g/mol. The van der Waals surface area contributed by atoms with E-state index in [1.54, 1.807) is 19.4 Å². The zero-order chi connectivity index (χ0) is 14.2. The van der Waals surface area contributed by atoms with Crippen molar-refractivity contribution < 1.29 is 9.84 Å². The van der Waals surface area contributed by atoms with Crippen molar-refractivity contribution in [1.82, 2.24) is 4.98 Å². The third-order valence-corrected chi connectivity index (χ3v) is 4.18. The minimum absolute atomic E-state index is 0.574. The summed E-state index contributed by atoms with van der Waals surface area (Å²) in [6, 6.07) is 9.37. The Morgan fingerprint density at radius 2 is 1.95 bits per heavy atom. The summed E-state index contributed by atoms with van der Waals surface area (Å²) in [5.41, 5.74) is 1.58. The highest BCUT2D eigenvalue weighted by molar-refractivity contribution is 6.32. The molecule has 0 saturated heterocycles. The number of ether oxygens (including phenoxy) is 1. The second-order valence-corrected chi connectivity index (χ2v) is 5.53. The number of hydrogen-bond donors (Lipinski definition) is 0. The van der Waals surface area contributed by atoms with Crippen LogP contribution in [0.1, 0.15) is 25.0 Å². The Labute approximate surface area is 123 Å². The monoisotopic (exact) mass is 288 g/mol. The molecule has 0 amide bonds. The molecule has 20 heavy (non-hydrogen) atoms. The molecule has 1 heterocycles. The highest BCUT2D eigenvalue weighted by atomic mass is 35.5. The molecule has 1 saturated carbocycles. The van der Waals surface area contributed by atoms with E-state index in [0.29, 0.717) is 29.3 Å². The first kappa shape index (κ1) is 13.4. The van der Waals surface area contributed by atoms with Crippen LogP contribution in [0.4, 0.5) is 0 Å². The SMILES string of the molecule is COc1cc(-c2ccnc(C3([O])CCC3)c2)ccc1Cl. The summed E-state index contributed by atoms with van der Waals surface area (Å²) >= 11 is 6.03. The van der Waals surface area contributed by atoms with Gasteiger partial charge in [0.2, 0.25) is 0 Å². The molecule has 0 aliphatic heterocycles. The number of pyridine rings is 1. The van der Waals surface area contributed by atoms with Crippen molar-refractivity contribution in [2.45, 2.75) is 24.9 Å². The summed E-state index contributed by atoms with van der Waals surface area (Å²) in [5.74, 6) is 0.628. The molecule has 1 aliphatic carbocycles. The van der Waals surface area contributed by atoms with Crippen molar-refractivity contribution in [3.05, 3.63) is 47.2 Å². The molecule has 0 spiro atoms. The van der Waals surface area contributed by atoms with Gasteiger partial charge < -0.3 is 4.74 Å². The van der Waals surface area contributed by atoms with Crippen LogP contribution in [-0.2, 0) is 10.7 Å². The van der Waals surface area contributed by atoms with Crippen LogP contribution >= 0.6 is 11.6 Å². The summed E-state index contributed by atoms with van der Waals surface area (Å²) < 4.78 is 5.23. The molecule has 1 aromatic heterocycles. The lowest BCUT2D eigenvalue weighted by atomic mass is 9.77. The normalized spacial score (nSPS) is 16.6. The number of methoxy groups -OCH3 is 1. The van der Waals surface area contributed by atoms with E-state index in [2.05, 4.69) is 4.98 Å². The van der Waals surface area contributed by atoms with Crippen molar-refractivity contribution in [3.8, 4) is 16.9 Å². The fourth-order valence-corrected chi connectivity index (χ4v) is 2.65. The number of aromatic nitrogens is 1. The summed E-state index contributed by atoms with van der Waals surface area (Å²) in [5, 5.41) is 13.0. The maximum Gasteiger partial charge on any atom is 0.145 e. The lowest BCUT2D eigenvalue weighted by Gasteiger charge is -2.33. The van der Waals surface area contributed by atoms with Crippen molar-refractivity contribution in [2.24, 2.45) is 0 Å². The summed E-state index contributed by atoms with van der Waals surface area (Å²) in [6.45, 7) is 0.